The maximum atomic E-state index is 12.8. The lowest BCUT2D eigenvalue weighted by Gasteiger charge is -2.18. The van der Waals surface area contributed by atoms with Crippen LogP contribution < -0.4 is 5.43 Å². The van der Waals surface area contributed by atoms with Gasteiger partial charge in [-0.05, 0) is 23.6 Å². The topological polar surface area (TPSA) is 50.5 Å². The van der Waals surface area contributed by atoms with Gasteiger partial charge in [0.15, 0.2) is 5.43 Å². The second-order valence-electron chi connectivity index (χ2n) is 5.00. The van der Waals surface area contributed by atoms with Crippen LogP contribution in [0.1, 0.15) is 27.0 Å². The van der Waals surface area contributed by atoms with E-state index in [1.54, 1.807) is 36.2 Å². The van der Waals surface area contributed by atoms with Crippen LogP contribution in [0.15, 0.2) is 51.0 Å². The van der Waals surface area contributed by atoms with Gasteiger partial charge in [0, 0.05) is 11.9 Å². The van der Waals surface area contributed by atoms with E-state index in [2.05, 4.69) is 0 Å². The Kier molecular flexibility index (Phi) is 2.53. The van der Waals surface area contributed by atoms with Crippen molar-refractivity contribution < 1.29 is 9.21 Å². The van der Waals surface area contributed by atoms with Crippen LogP contribution in [-0.2, 0) is 0 Å². The highest BCUT2D eigenvalue weighted by molar-refractivity contribution is 7.10. The van der Waals surface area contributed by atoms with Crippen LogP contribution in [0.3, 0.4) is 0 Å². The number of carbonyl (C=O) groups is 1. The molecular formula is C16H11NO3S. The molecule has 3 aromatic rings. The van der Waals surface area contributed by atoms with E-state index in [4.69, 9.17) is 4.42 Å². The number of carbonyl (C=O) groups excluding carboxylic acids is 1. The molecule has 0 unspecified atom stereocenters. The van der Waals surface area contributed by atoms with Crippen LogP contribution in [0.5, 0.6) is 0 Å². The molecule has 0 bridgehead atoms. The summed E-state index contributed by atoms with van der Waals surface area (Å²) in [5.41, 5.74) is 0.779. The van der Waals surface area contributed by atoms with Gasteiger partial charge in [-0.1, -0.05) is 18.2 Å². The number of fused-ring (bicyclic) bond motifs is 2. The first kappa shape index (κ1) is 12.3. The second kappa shape index (κ2) is 4.30. The fourth-order valence-electron chi connectivity index (χ4n) is 2.81. The summed E-state index contributed by atoms with van der Waals surface area (Å²) in [4.78, 5) is 27.7. The molecule has 2 aromatic heterocycles. The molecule has 0 N–H and O–H groups in total. The van der Waals surface area contributed by atoms with Gasteiger partial charge in [-0.3, -0.25) is 9.59 Å². The molecule has 1 aliphatic heterocycles. The molecule has 0 saturated heterocycles. The lowest BCUT2D eigenvalue weighted by Crippen LogP contribution is -2.24. The van der Waals surface area contributed by atoms with Crippen molar-refractivity contribution in [3.63, 3.8) is 0 Å². The van der Waals surface area contributed by atoms with Gasteiger partial charge in [-0.2, -0.15) is 0 Å². The number of hydrogen-bond acceptors (Lipinski definition) is 4. The van der Waals surface area contributed by atoms with Gasteiger partial charge in [0.1, 0.15) is 5.58 Å². The third kappa shape index (κ3) is 1.61. The lowest BCUT2D eigenvalue weighted by molar-refractivity contribution is 0.0773. The van der Waals surface area contributed by atoms with E-state index in [1.165, 1.54) is 11.3 Å². The van der Waals surface area contributed by atoms with Crippen molar-refractivity contribution in [3.05, 3.63) is 68.2 Å². The molecule has 0 radical (unpaired) electrons. The number of thiophene rings is 1. The van der Waals surface area contributed by atoms with Crippen LogP contribution in [0.2, 0.25) is 0 Å². The van der Waals surface area contributed by atoms with Crippen molar-refractivity contribution in [2.45, 2.75) is 6.04 Å². The third-order valence-corrected chi connectivity index (χ3v) is 4.75. The Morgan fingerprint density at radius 2 is 1.95 bits per heavy atom. The van der Waals surface area contributed by atoms with Crippen molar-refractivity contribution in [1.82, 2.24) is 4.90 Å². The van der Waals surface area contributed by atoms with Gasteiger partial charge >= 0.3 is 0 Å². The molecule has 5 heteroatoms. The first-order chi connectivity index (χ1) is 10.2. The molecular weight excluding hydrogens is 286 g/mol. The summed E-state index contributed by atoms with van der Waals surface area (Å²) in [7, 11) is 1.70. The van der Waals surface area contributed by atoms with E-state index in [0.717, 1.165) is 4.88 Å². The largest absolute Gasteiger partial charge is 0.450 e. The Morgan fingerprint density at radius 3 is 2.71 bits per heavy atom. The summed E-state index contributed by atoms with van der Waals surface area (Å²) in [6.45, 7) is 0. The summed E-state index contributed by atoms with van der Waals surface area (Å²) in [6, 6.07) is 10.5. The standard InChI is InChI=1S/C16H11NO3S/c1-17-13(11-7-4-8-21-11)12-14(18)9-5-2-3-6-10(9)20-15(12)16(17)19/h2-8,13H,1H3/t13-/m0/s1. The molecule has 1 amide bonds. The van der Waals surface area contributed by atoms with Crippen molar-refractivity contribution in [1.29, 1.82) is 0 Å². The summed E-state index contributed by atoms with van der Waals surface area (Å²) in [5, 5.41) is 2.45. The Hall–Kier alpha value is -2.40. The van der Waals surface area contributed by atoms with Crippen LogP contribution in [-0.4, -0.2) is 17.9 Å². The zero-order valence-electron chi connectivity index (χ0n) is 11.2. The third-order valence-electron chi connectivity index (χ3n) is 3.82. The van der Waals surface area contributed by atoms with Crippen molar-refractivity contribution >= 4 is 28.2 Å². The molecule has 1 aromatic carbocycles. The van der Waals surface area contributed by atoms with Crippen molar-refractivity contribution in [2.24, 2.45) is 0 Å². The minimum absolute atomic E-state index is 0.122. The van der Waals surface area contributed by atoms with Gasteiger partial charge in [0.05, 0.1) is 17.0 Å². The monoisotopic (exact) mass is 297 g/mol. The Labute approximate surface area is 124 Å². The minimum atomic E-state index is -0.353. The first-order valence-corrected chi connectivity index (χ1v) is 7.43. The molecule has 0 fully saturated rings. The molecule has 0 saturated carbocycles. The first-order valence-electron chi connectivity index (χ1n) is 6.55. The maximum Gasteiger partial charge on any atom is 0.290 e. The Morgan fingerprint density at radius 1 is 1.14 bits per heavy atom. The quantitative estimate of drug-likeness (QED) is 0.693. The van der Waals surface area contributed by atoms with Crippen molar-refractivity contribution in [3.8, 4) is 0 Å². The number of rotatable bonds is 1. The smallest absolute Gasteiger partial charge is 0.290 e. The van der Waals surface area contributed by atoms with E-state index in [-0.39, 0.29) is 23.1 Å². The Bertz CT molecular complexity index is 911. The average molecular weight is 297 g/mol. The summed E-state index contributed by atoms with van der Waals surface area (Å²) >= 11 is 1.53. The van der Waals surface area contributed by atoms with Crippen LogP contribution in [0, 0.1) is 0 Å². The van der Waals surface area contributed by atoms with E-state index < -0.39 is 0 Å². The molecule has 21 heavy (non-hydrogen) atoms. The number of nitrogens with zero attached hydrogens (tertiary/aromatic N) is 1. The fourth-order valence-corrected chi connectivity index (χ4v) is 3.69. The number of benzene rings is 1. The average Bonchev–Trinajstić information content (AvgIpc) is 3.09. The summed E-state index contributed by atoms with van der Waals surface area (Å²) < 4.78 is 5.71. The zero-order chi connectivity index (χ0) is 14.6. The van der Waals surface area contributed by atoms with Crippen LogP contribution in [0.4, 0.5) is 0 Å². The molecule has 1 atom stereocenters. The molecule has 1 aliphatic rings. The highest BCUT2D eigenvalue weighted by atomic mass is 32.1. The van der Waals surface area contributed by atoms with Crippen molar-refractivity contribution in [2.75, 3.05) is 7.05 Å². The van der Waals surface area contributed by atoms with Gasteiger partial charge in [-0.15, -0.1) is 11.3 Å². The minimum Gasteiger partial charge on any atom is -0.450 e. The highest BCUT2D eigenvalue weighted by Crippen LogP contribution is 2.38. The van der Waals surface area contributed by atoms with Crippen LogP contribution >= 0.6 is 11.3 Å². The molecule has 104 valence electrons. The van der Waals surface area contributed by atoms with E-state index in [9.17, 15) is 9.59 Å². The van der Waals surface area contributed by atoms with Gasteiger partial charge in [0.2, 0.25) is 5.76 Å². The van der Waals surface area contributed by atoms with Gasteiger partial charge < -0.3 is 9.32 Å². The van der Waals surface area contributed by atoms with E-state index in [1.807, 2.05) is 17.5 Å². The molecule has 4 rings (SSSR count). The van der Waals surface area contributed by atoms with Gasteiger partial charge in [0.25, 0.3) is 5.91 Å². The highest BCUT2D eigenvalue weighted by Gasteiger charge is 2.40. The number of amides is 1. The van der Waals surface area contributed by atoms with Crippen LogP contribution in [0.25, 0.3) is 11.0 Å². The predicted molar refractivity (Wildman–Crippen MR) is 80.7 cm³/mol. The maximum absolute atomic E-state index is 12.8. The molecule has 3 heterocycles. The van der Waals surface area contributed by atoms with E-state index in [0.29, 0.717) is 16.5 Å². The summed E-state index contributed by atoms with van der Waals surface area (Å²) in [6.07, 6.45) is 0. The lowest BCUT2D eigenvalue weighted by atomic mass is 10.0. The summed E-state index contributed by atoms with van der Waals surface area (Å²) in [5.74, 6) is -0.0779. The van der Waals surface area contributed by atoms with Gasteiger partial charge in [-0.25, -0.2) is 0 Å². The zero-order valence-corrected chi connectivity index (χ0v) is 12.0. The Balaban J connectivity index is 2.09. The normalized spacial score (nSPS) is 17.5. The second-order valence-corrected chi connectivity index (χ2v) is 5.98. The SMILES string of the molecule is CN1C(=O)c2oc3ccccc3c(=O)c2[C@@H]1c1cccs1. The predicted octanol–water partition coefficient (Wildman–Crippen LogP) is 3.03. The number of hydrogen-bond donors (Lipinski definition) is 0. The fraction of sp³-hybridized carbons (Fsp3) is 0.125. The van der Waals surface area contributed by atoms with E-state index >= 15 is 0 Å². The number of para-hydroxylation sites is 1. The molecule has 4 nitrogen and oxygen atoms in total. The molecule has 0 aliphatic carbocycles. The molecule has 0 spiro atoms.